The van der Waals surface area contributed by atoms with E-state index in [-0.39, 0.29) is 5.91 Å². The fourth-order valence-electron chi connectivity index (χ4n) is 2.81. The smallest absolute Gasteiger partial charge is 0.255 e. The monoisotopic (exact) mass is 339 g/mol. The van der Waals surface area contributed by atoms with Crippen molar-refractivity contribution in [2.24, 2.45) is 0 Å². The van der Waals surface area contributed by atoms with Crippen LogP contribution in [0.5, 0.6) is 0 Å². The first-order valence-corrected chi connectivity index (χ1v) is 8.37. The summed E-state index contributed by atoms with van der Waals surface area (Å²) in [4.78, 5) is 12.5. The Morgan fingerprint density at radius 3 is 2.23 bits per heavy atom. The number of para-hydroxylation sites is 2. The Hall–Kier alpha value is -3.66. The van der Waals surface area contributed by atoms with Crippen molar-refractivity contribution in [2.75, 3.05) is 5.32 Å². The van der Waals surface area contributed by atoms with Gasteiger partial charge >= 0.3 is 0 Å². The molecule has 0 bridgehead atoms. The lowest BCUT2D eigenvalue weighted by atomic mass is 10.1. The maximum absolute atomic E-state index is 12.5. The Labute approximate surface area is 151 Å². The van der Waals surface area contributed by atoms with Crippen molar-refractivity contribution in [3.8, 4) is 16.8 Å². The Kier molecular flexibility index (Phi) is 4.31. The lowest BCUT2D eigenvalue weighted by Gasteiger charge is -2.10. The molecule has 0 spiro atoms. The molecule has 0 aliphatic rings. The Balaban J connectivity index is 1.64. The molecule has 4 rings (SSSR count). The lowest BCUT2D eigenvalue weighted by Crippen LogP contribution is -2.12. The SMILES string of the molecule is O=C(Nc1ccccc1-c1cnn(-c2ccccc2)c1)c1ccccc1. The molecule has 1 aromatic heterocycles. The summed E-state index contributed by atoms with van der Waals surface area (Å²) in [7, 11) is 0. The van der Waals surface area contributed by atoms with Crippen LogP contribution in [0.15, 0.2) is 97.3 Å². The summed E-state index contributed by atoms with van der Waals surface area (Å²) >= 11 is 0. The summed E-state index contributed by atoms with van der Waals surface area (Å²) in [5.41, 5.74) is 4.25. The molecule has 0 fully saturated rings. The highest BCUT2D eigenvalue weighted by atomic mass is 16.1. The van der Waals surface area contributed by atoms with Gasteiger partial charge in [-0.2, -0.15) is 5.10 Å². The first-order chi connectivity index (χ1) is 12.8. The summed E-state index contributed by atoms with van der Waals surface area (Å²) in [6, 6.07) is 26.9. The molecule has 0 aliphatic heterocycles. The molecule has 4 aromatic rings. The molecule has 1 heterocycles. The molecule has 0 unspecified atom stereocenters. The third kappa shape index (κ3) is 3.26. The summed E-state index contributed by atoms with van der Waals surface area (Å²) in [5.74, 6) is -0.131. The maximum atomic E-state index is 12.5. The van der Waals surface area contributed by atoms with Crippen molar-refractivity contribution in [1.82, 2.24) is 9.78 Å². The molecule has 1 amide bonds. The van der Waals surface area contributed by atoms with E-state index < -0.39 is 0 Å². The summed E-state index contributed by atoms with van der Waals surface area (Å²) in [5, 5.41) is 7.44. The van der Waals surface area contributed by atoms with Crippen LogP contribution >= 0.6 is 0 Å². The van der Waals surface area contributed by atoms with Crippen molar-refractivity contribution in [3.63, 3.8) is 0 Å². The van der Waals surface area contributed by atoms with Gasteiger partial charge < -0.3 is 5.32 Å². The van der Waals surface area contributed by atoms with E-state index in [0.29, 0.717) is 5.56 Å². The number of aromatic nitrogens is 2. The second kappa shape index (κ2) is 7.07. The molecule has 0 aliphatic carbocycles. The number of amides is 1. The summed E-state index contributed by atoms with van der Waals surface area (Å²) in [6.07, 6.45) is 3.77. The minimum Gasteiger partial charge on any atom is -0.321 e. The fourth-order valence-corrected chi connectivity index (χ4v) is 2.81. The van der Waals surface area contributed by atoms with Gasteiger partial charge in [0.15, 0.2) is 0 Å². The van der Waals surface area contributed by atoms with Gasteiger partial charge in [-0.3, -0.25) is 4.79 Å². The lowest BCUT2D eigenvalue weighted by molar-refractivity contribution is 0.102. The first-order valence-electron chi connectivity index (χ1n) is 8.37. The van der Waals surface area contributed by atoms with E-state index in [1.807, 2.05) is 83.7 Å². The molecule has 1 N–H and O–H groups in total. The zero-order valence-electron chi connectivity index (χ0n) is 14.0. The minimum atomic E-state index is -0.131. The molecular weight excluding hydrogens is 322 g/mol. The molecular formula is C22H17N3O. The van der Waals surface area contributed by atoms with Gasteiger partial charge in [0.25, 0.3) is 5.91 Å². The maximum Gasteiger partial charge on any atom is 0.255 e. The van der Waals surface area contributed by atoms with Crippen LogP contribution in [0.2, 0.25) is 0 Å². The zero-order valence-corrected chi connectivity index (χ0v) is 14.0. The van der Waals surface area contributed by atoms with Gasteiger partial charge in [-0.15, -0.1) is 0 Å². The molecule has 26 heavy (non-hydrogen) atoms. The number of carbonyl (C=O) groups excluding carboxylic acids is 1. The average molecular weight is 339 g/mol. The van der Waals surface area contributed by atoms with Gasteiger partial charge in [0, 0.05) is 28.6 Å². The van der Waals surface area contributed by atoms with Crippen molar-refractivity contribution in [1.29, 1.82) is 0 Å². The highest BCUT2D eigenvalue weighted by molar-refractivity contribution is 6.06. The predicted octanol–water partition coefficient (Wildman–Crippen LogP) is 4.79. The van der Waals surface area contributed by atoms with E-state index in [2.05, 4.69) is 10.4 Å². The largest absolute Gasteiger partial charge is 0.321 e. The quantitative estimate of drug-likeness (QED) is 0.581. The molecule has 4 nitrogen and oxygen atoms in total. The van der Waals surface area contributed by atoms with Crippen LogP contribution in [0.3, 0.4) is 0 Å². The number of benzene rings is 3. The van der Waals surface area contributed by atoms with Crippen LogP contribution in [-0.4, -0.2) is 15.7 Å². The standard InChI is InChI=1S/C22H17N3O/c26-22(17-9-3-1-4-10-17)24-21-14-8-7-13-20(21)18-15-23-25(16-18)19-11-5-2-6-12-19/h1-16H,(H,24,26). The molecule has 4 heteroatoms. The molecule has 0 saturated carbocycles. The molecule has 0 atom stereocenters. The van der Waals surface area contributed by atoms with Gasteiger partial charge in [-0.25, -0.2) is 4.68 Å². The van der Waals surface area contributed by atoms with Crippen molar-refractivity contribution in [2.45, 2.75) is 0 Å². The van der Waals surface area contributed by atoms with E-state index in [4.69, 9.17) is 0 Å². The van der Waals surface area contributed by atoms with Crippen molar-refractivity contribution >= 4 is 11.6 Å². The van der Waals surface area contributed by atoms with Crippen molar-refractivity contribution in [3.05, 3.63) is 103 Å². The van der Waals surface area contributed by atoms with E-state index >= 15 is 0 Å². The third-order valence-corrected chi connectivity index (χ3v) is 4.13. The van der Waals surface area contributed by atoms with Gasteiger partial charge in [0.2, 0.25) is 0 Å². The van der Waals surface area contributed by atoms with E-state index in [0.717, 1.165) is 22.5 Å². The Morgan fingerprint density at radius 1 is 0.808 bits per heavy atom. The van der Waals surface area contributed by atoms with Gasteiger partial charge in [0.1, 0.15) is 0 Å². The van der Waals surface area contributed by atoms with Crippen LogP contribution in [-0.2, 0) is 0 Å². The Morgan fingerprint density at radius 2 is 1.46 bits per heavy atom. The van der Waals surface area contributed by atoms with Gasteiger partial charge in [-0.05, 0) is 30.3 Å². The van der Waals surface area contributed by atoms with E-state index in [1.54, 1.807) is 18.3 Å². The highest BCUT2D eigenvalue weighted by Crippen LogP contribution is 2.28. The third-order valence-electron chi connectivity index (χ3n) is 4.13. The second-order valence-corrected chi connectivity index (χ2v) is 5.87. The predicted molar refractivity (Wildman–Crippen MR) is 103 cm³/mol. The number of hydrogen-bond donors (Lipinski definition) is 1. The molecule has 126 valence electrons. The summed E-state index contributed by atoms with van der Waals surface area (Å²) < 4.78 is 1.82. The zero-order chi connectivity index (χ0) is 17.8. The molecule has 0 saturated heterocycles. The second-order valence-electron chi connectivity index (χ2n) is 5.87. The highest BCUT2D eigenvalue weighted by Gasteiger charge is 2.11. The number of rotatable bonds is 4. The van der Waals surface area contributed by atoms with E-state index in [1.165, 1.54) is 0 Å². The molecule has 3 aromatic carbocycles. The number of carbonyl (C=O) groups is 1. The summed E-state index contributed by atoms with van der Waals surface area (Å²) in [6.45, 7) is 0. The molecule has 0 radical (unpaired) electrons. The topological polar surface area (TPSA) is 46.9 Å². The number of nitrogens with zero attached hydrogens (tertiary/aromatic N) is 2. The fraction of sp³-hybridized carbons (Fsp3) is 0. The Bertz CT molecular complexity index is 1020. The number of anilines is 1. The first kappa shape index (κ1) is 15.8. The van der Waals surface area contributed by atoms with Gasteiger partial charge in [0.05, 0.1) is 11.9 Å². The normalized spacial score (nSPS) is 10.5. The number of hydrogen-bond acceptors (Lipinski definition) is 2. The van der Waals surface area contributed by atoms with Crippen molar-refractivity contribution < 1.29 is 4.79 Å². The van der Waals surface area contributed by atoms with E-state index in [9.17, 15) is 4.79 Å². The van der Waals surface area contributed by atoms with Crippen LogP contribution in [0.1, 0.15) is 10.4 Å². The van der Waals surface area contributed by atoms with Crippen LogP contribution in [0.4, 0.5) is 5.69 Å². The average Bonchev–Trinajstić information content (AvgIpc) is 3.20. The number of nitrogens with one attached hydrogen (secondary N) is 1. The van der Waals surface area contributed by atoms with Crippen LogP contribution < -0.4 is 5.32 Å². The minimum absolute atomic E-state index is 0.131. The van der Waals surface area contributed by atoms with Crippen LogP contribution in [0.25, 0.3) is 16.8 Å². The van der Waals surface area contributed by atoms with Gasteiger partial charge in [-0.1, -0.05) is 54.6 Å². The van der Waals surface area contributed by atoms with Crippen LogP contribution in [0, 0.1) is 0 Å².